The molecule has 0 aliphatic rings. The average molecular weight is 302 g/mol. The molecule has 0 spiro atoms. The fourth-order valence-corrected chi connectivity index (χ4v) is 2.72. The van der Waals surface area contributed by atoms with Crippen LogP contribution in [0, 0.1) is 11.3 Å². The smallest absolute Gasteiger partial charge is 0.341 e. The van der Waals surface area contributed by atoms with Crippen LogP contribution in [-0.2, 0) is 11.3 Å². The molecule has 1 aromatic carbocycles. The van der Waals surface area contributed by atoms with Crippen molar-refractivity contribution in [2.45, 2.75) is 6.54 Å². The number of thiophene rings is 1. The molecule has 0 atom stereocenters. The number of aliphatic carboxylic acids is 1. The van der Waals surface area contributed by atoms with Gasteiger partial charge in [-0.2, -0.15) is 5.26 Å². The van der Waals surface area contributed by atoms with Crippen LogP contribution in [0.2, 0.25) is 0 Å². The van der Waals surface area contributed by atoms with Crippen molar-refractivity contribution in [2.75, 3.05) is 13.7 Å². The van der Waals surface area contributed by atoms with Gasteiger partial charge in [-0.25, -0.2) is 4.79 Å². The van der Waals surface area contributed by atoms with Crippen LogP contribution in [0.4, 0.5) is 0 Å². The van der Waals surface area contributed by atoms with E-state index in [1.54, 1.807) is 12.1 Å². The van der Waals surface area contributed by atoms with Gasteiger partial charge in [0.2, 0.25) is 0 Å². The molecule has 108 valence electrons. The van der Waals surface area contributed by atoms with Crippen molar-refractivity contribution in [3.05, 3.63) is 40.8 Å². The topological polar surface area (TPSA) is 82.3 Å². The van der Waals surface area contributed by atoms with Crippen molar-refractivity contribution >= 4 is 17.3 Å². The first kappa shape index (κ1) is 15.0. The van der Waals surface area contributed by atoms with E-state index in [1.165, 1.54) is 11.3 Å². The monoisotopic (exact) mass is 302 g/mol. The van der Waals surface area contributed by atoms with Gasteiger partial charge in [-0.05, 0) is 36.9 Å². The number of rotatable bonds is 6. The molecule has 0 unspecified atom stereocenters. The number of nitrogens with one attached hydrogen (secondary N) is 1. The number of carboxylic acid groups (broad SMARTS) is 1. The summed E-state index contributed by atoms with van der Waals surface area (Å²) in [5.41, 5.74) is 1.86. The second-order valence-electron chi connectivity index (χ2n) is 4.32. The number of benzene rings is 1. The summed E-state index contributed by atoms with van der Waals surface area (Å²) < 4.78 is 5.33. The highest BCUT2D eigenvalue weighted by Crippen LogP contribution is 2.35. The quantitative estimate of drug-likeness (QED) is 0.856. The Bertz CT molecular complexity index is 688. The van der Waals surface area contributed by atoms with Gasteiger partial charge in [0.15, 0.2) is 6.61 Å². The van der Waals surface area contributed by atoms with Crippen molar-refractivity contribution in [2.24, 2.45) is 0 Å². The van der Waals surface area contributed by atoms with E-state index in [1.807, 2.05) is 25.2 Å². The Hall–Kier alpha value is -2.36. The SMILES string of the molecule is CNCc1ccc(OCC(=O)O)c(-c2ccc(C#N)s2)c1. The third-order valence-electron chi connectivity index (χ3n) is 2.76. The Morgan fingerprint density at radius 1 is 1.43 bits per heavy atom. The van der Waals surface area contributed by atoms with Crippen molar-refractivity contribution in [3.8, 4) is 22.3 Å². The molecule has 5 nitrogen and oxygen atoms in total. The molecule has 0 saturated carbocycles. The van der Waals surface area contributed by atoms with Crippen LogP contribution in [0.1, 0.15) is 10.4 Å². The molecule has 21 heavy (non-hydrogen) atoms. The number of nitriles is 1. The molecule has 0 amide bonds. The van der Waals surface area contributed by atoms with Gasteiger partial charge in [-0.1, -0.05) is 6.07 Å². The molecular formula is C15H14N2O3S. The summed E-state index contributed by atoms with van der Waals surface area (Å²) >= 11 is 1.35. The molecule has 1 heterocycles. The summed E-state index contributed by atoms with van der Waals surface area (Å²) in [6.45, 7) is 0.303. The lowest BCUT2D eigenvalue weighted by molar-refractivity contribution is -0.139. The van der Waals surface area contributed by atoms with Crippen LogP contribution in [0.5, 0.6) is 5.75 Å². The summed E-state index contributed by atoms with van der Waals surface area (Å²) in [7, 11) is 1.85. The van der Waals surface area contributed by atoms with E-state index in [0.29, 0.717) is 17.2 Å². The lowest BCUT2D eigenvalue weighted by Crippen LogP contribution is -2.10. The molecular weight excluding hydrogens is 288 g/mol. The first-order valence-corrected chi connectivity index (χ1v) is 7.08. The van der Waals surface area contributed by atoms with Crippen molar-refractivity contribution in [1.82, 2.24) is 5.32 Å². The Labute approximate surface area is 126 Å². The van der Waals surface area contributed by atoms with E-state index in [9.17, 15) is 4.79 Å². The first-order valence-electron chi connectivity index (χ1n) is 6.26. The molecule has 0 radical (unpaired) electrons. The molecule has 0 fully saturated rings. The zero-order valence-corrected chi connectivity index (χ0v) is 12.2. The lowest BCUT2D eigenvalue weighted by Gasteiger charge is -2.11. The molecule has 0 aliphatic carbocycles. The van der Waals surface area contributed by atoms with E-state index < -0.39 is 12.6 Å². The van der Waals surface area contributed by atoms with Crippen LogP contribution in [0.25, 0.3) is 10.4 Å². The van der Waals surface area contributed by atoms with E-state index in [0.717, 1.165) is 16.0 Å². The van der Waals surface area contributed by atoms with Gasteiger partial charge in [0.1, 0.15) is 16.7 Å². The van der Waals surface area contributed by atoms with Gasteiger partial charge in [-0.15, -0.1) is 11.3 Å². The normalized spacial score (nSPS) is 10.1. The minimum atomic E-state index is -1.02. The largest absolute Gasteiger partial charge is 0.481 e. The standard InChI is InChI=1S/C15H14N2O3S/c1-17-8-10-2-4-13(20-9-15(18)19)12(6-10)14-5-3-11(7-16)21-14/h2-6,17H,8-9H2,1H3,(H,18,19). The summed E-state index contributed by atoms with van der Waals surface area (Å²) in [5, 5.41) is 20.7. The van der Waals surface area contributed by atoms with Gasteiger partial charge < -0.3 is 15.2 Å². The third kappa shape index (κ3) is 3.81. The van der Waals surface area contributed by atoms with Crippen LogP contribution < -0.4 is 10.1 Å². The number of carboxylic acids is 1. The van der Waals surface area contributed by atoms with Crippen LogP contribution in [0.15, 0.2) is 30.3 Å². The number of nitrogens with zero attached hydrogens (tertiary/aromatic N) is 1. The third-order valence-corrected chi connectivity index (χ3v) is 3.78. The summed E-state index contributed by atoms with van der Waals surface area (Å²) in [5.74, 6) is -0.521. The van der Waals surface area contributed by atoms with Gasteiger partial charge in [-0.3, -0.25) is 0 Å². The highest BCUT2D eigenvalue weighted by atomic mass is 32.1. The minimum Gasteiger partial charge on any atom is -0.481 e. The molecule has 0 aliphatic heterocycles. The van der Waals surface area contributed by atoms with E-state index >= 15 is 0 Å². The maximum absolute atomic E-state index is 10.7. The fourth-order valence-electron chi connectivity index (χ4n) is 1.89. The molecule has 0 bridgehead atoms. The minimum absolute atomic E-state index is 0.394. The molecule has 1 aromatic heterocycles. The first-order chi connectivity index (χ1) is 10.1. The van der Waals surface area contributed by atoms with Crippen molar-refractivity contribution in [1.29, 1.82) is 5.26 Å². The van der Waals surface area contributed by atoms with Gasteiger partial charge in [0.25, 0.3) is 0 Å². The van der Waals surface area contributed by atoms with Crippen molar-refractivity contribution in [3.63, 3.8) is 0 Å². The molecule has 6 heteroatoms. The van der Waals surface area contributed by atoms with Crippen LogP contribution in [-0.4, -0.2) is 24.7 Å². The summed E-state index contributed by atoms with van der Waals surface area (Å²) in [6.07, 6.45) is 0. The summed E-state index contributed by atoms with van der Waals surface area (Å²) in [6, 6.07) is 11.3. The molecule has 2 rings (SSSR count). The van der Waals surface area contributed by atoms with Crippen LogP contribution >= 0.6 is 11.3 Å². The second kappa shape index (κ2) is 6.88. The Kier molecular flexibility index (Phi) is 4.93. The maximum Gasteiger partial charge on any atom is 0.341 e. The number of ether oxygens (including phenoxy) is 1. The van der Waals surface area contributed by atoms with Gasteiger partial charge >= 0.3 is 5.97 Å². The molecule has 2 N–H and O–H groups in total. The number of carbonyl (C=O) groups is 1. The molecule has 0 saturated heterocycles. The zero-order valence-electron chi connectivity index (χ0n) is 11.4. The Morgan fingerprint density at radius 3 is 2.86 bits per heavy atom. The van der Waals surface area contributed by atoms with Gasteiger partial charge in [0, 0.05) is 17.0 Å². The lowest BCUT2D eigenvalue weighted by atomic mass is 10.1. The average Bonchev–Trinajstić information content (AvgIpc) is 2.95. The highest BCUT2D eigenvalue weighted by Gasteiger charge is 2.12. The highest BCUT2D eigenvalue weighted by molar-refractivity contribution is 7.16. The zero-order chi connectivity index (χ0) is 15.2. The van der Waals surface area contributed by atoms with E-state index in [2.05, 4.69) is 11.4 Å². The number of hydrogen-bond donors (Lipinski definition) is 2. The van der Waals surface area contributed by atoms with E-state index in [-0.39, 0.29) is 0 Å². The van der Waals surface area contributed by atoms with Crippen molar-refractivity contribution < 1.29 is 14.6 Å². The molecule has 2 aromatic rings. The number of hydrogen-bond acceptors (Lipinski definition) is 5. The van der Waals surface area contributed by atoms with Crippen LogP contribution in [0.3, 0.4) is 0 Å². The Balaban J connectivity index is 2.40. The predicted molar refractivity (Wildman–Crippen MR) is 80.4 cm³/mol. The second-order valence-corrected chi connectivity index (χ2v) is 5.40. The van der Waals surface area contributed by atoms with Gasteiger partial charge in [0.05, 0.1) is 0 Å². The Morgan fingerprint density at radius 2 is 2.24 bits per heavy atom. The van der Waals surface area contributed by atoms with E-state index in [4.69, 9.17) is 15.1 Å². The maximum atomic E-state index is 10.7. The summed E-state index contributed by atoms with van der Waals surface area (Å²) in [4.78, 5) is 12.1. The fraction of sp³-hybridized carbons (Fsp3) is 0.200. The predicted octanol–water partition coefficient (Wildman–Crippen LogP) is 2.47.